The van der Waals surface area contributed by atoms with Gasteiger partial charge < -0.3 is 5.73 Å². The van der Waals surface area contributed by atoms with Gasteiger partial charge in [-0.25, -0.2) is 13.6 Å². The van der Waals surface area contributed by atoms with Crippen LogP contribution in [0.2, 0.25) is 0 Å². The molecule has 0 unspecified atom stereocenters. The van der Waals surface area contributed by atoms with Crippen molar-refractivity contribution in [2.75, 3.05) is 5.73 Å². The van der Waals surface area contributed by atoms with Gasteiger partial charge in [0.05, 0.1) is 5.69 Å². The van der Waals surface area contributed by atoms with Crippen molar-refractivity contribution >= 4 is 27.5 Å². The van der Waals surface area contributed by atoms with Crippen LogP contribution < -0.4 is 10.9 Å². The molecule has 0 saturated carbocycles. The number of hydrogen-bond acceptors (Lipinski definition) is 4. The molecule has 1 aromatic rings. The Kier molecular flexibility index (Phi) is 3.56. The Hall–Kier alpha value is -0.720. The van der Waals surface area contributed by atoms with Crippen LogP contribution in [0.25, 0.3) is 0 Å². The highest BCUT2D eigenvalue weighted by Crippen LogP contribution is 2.34. The zero-order chi connectivity index (χ0) is 12.6. The summed E-state index contributed by atoms with van der Waals surface area (Å²) in [6.07, 6.45) is 0. The molecule has 0 radical (unpaired) electrons. The second kappa shape index (κ2) is 4.27. The fourth-order valence-electron chi connectivity index (χ4n) is 1.20. The first-order chi connectivity index (χ1) is 7.09. The Morgan fingerprint density at radius 3 is 2.19 bits per heavy atom. The molecule has 1 aromatic carbocycles. The van der Waals surface area contributed by atoms with Gasteiger partial charge in [-0.2, -0.15) is 0 Å². The highest BCUT2D eigenvalue weighted by Gasteiger charge is 2.16. The number of sulfonamides is 1. The minimum Gasteiger partial charge on any atom is -0.398 e. The summed E-state index contributed by atoms with van der Waals surface area (Å²) < 4.78 is 22.3. The maximum atomic E-state index is 11.1. The van der Waals surface area contributed by atoms with Crippen molar-refractivity contribution in [1.82, 2.24) is 0 Å². The normalized spacial score (nSPS) is 12.8. The number of thioether (sulfide) groups is 1. The quantitative estimate of drug-likeness (QED) is 0.627. The Bertz CT molecular complexity index is 490. The Morgan fingerprint density at radius 2 is 1.81 bits per heavy atom. The molecular weight excluding hydrogens is 244 g/mol. The van der Waals surface area contributed by atoms with Crippen LogP contribution in [0, 0.1) is 0 Å². The Balaban J connectivity index is 3.10. The van der Waals surface area contributed by atoms with Gasteiger partial charge >= 0.3 is 0 Å². The van der Waals surface area contributed by atoms with E-state index in [9.17, 15) is 8.42 Å². The van der Waals surface area contributed by atoms with E-state index in [1.54, 1.807) is 23.9 Å². The molecule has 0 saturated heterocycles. The molecular formula is C10H16N2O2S2. The lowest BCUT2D eigenvalue weighted by molar-refractivity contribution is 0.598. The third-order valence-electron chi connectivity index (χ3n) is 1.71. The van der Waals surface area contributed by atoms with Crippen molar-refractivity contribution in [2.24, 2.45) is 5.14 Å². The summed E-state index contributed by atoms with van der Waals surface area (Å²) in [6, 6.07) is 4.79. The Morgan fingerprint density at radius 1 is 1.25 bits per heavy atom. The first-order valence-electron chi connectivity index (χ1n) is 4.71. The minimum atomic E-state index is -3.73. The van der Waals surface area contributed by atoms with E-state index in [4.69, 9.17) is 10.9 Å². The average Bonchev–Trinajstić information content (AvgIpc) is 1.97. The molecule has 1 rings (SSSR count). The summed E-state index contributed by atoms with van der Waals surface area (Å²) in [4.78, 5) is 0.906. The molecule has 0 aromatic heterocycles. The van der Waals surface area contributed by atoms with Gasteiger partial charge in [0.15, 0.2) is 0 Å². The summed E-state index contributed by atoms with van der Waals surface area (Å²) in [7, 11) is -3.73. The van der Waals surface area contributed by atoms with Crippen molar-refractivity contribution < 1.29 is 8.42 Å². The molecule has 16 heavy (non-hydrogen) atoms. The second-order valence-corrected chi connectivity index (χ2v) is 7.89. The second-order valence-electron chi connectivity index (χ2n) is 4.46. The van der Waals surface area contributed by atoms with E-state index in [0.717, 1.165) is 4.90 Å². The number of nitrogen functional groups attached to an aromatic ring is 1. The van der Waals surface area contributed by atoms with E-state index in [1.807, 2.05) is 0 Å². The lowest BCUT2D eigenvalue weighted by Crippen LogP contribution is -2.14. The zero-order valence-corrected chi connectivity index (χ0v) is 11.2. The van der Waals surface area contributed by atoms with Gasteiger partial charge in [-0.3, -0.25) is 0 Å². The molecule has 0 spiro atoms. The van der Waals surface area contributed by atoms with Crippen LogP contribution >= 0.6 is 11.8 Å². The molecule has 4 N–H and O–H groups in total. The van der Waals surface area contributed by atoms with Crippen LogP contribution in [0.4, 0.5) is 5.69 Å². The van der Waals surface area contributed by atoms with Gasteiger partial charge in [0, 0.05) is 9.64 Å². The number of benzene rings is 1. The molecule has 0 amide bonds. The van der Waals surface area contributed by atoms with E-state index >= 15 is 0 Å². The molecule has 0 aliphatic heterocycles. The Labute approximate surface area is 100 Å². The van der Waals surface area contributed by atoms with Gasteiger partial charge in [0.1, 0.15) is 4.90 Å². The molecule has 4 nitrogen and oxygen atoms in total. The van der Waals surface area contributed by atoms with Gasteiger partial charge in [0.2, 0.25) is 10.0 Å². The maximum absolute atomic E-state index is 11.1. The molecule has 90 valence electrons. The summed E-state index contributed by atoms with van der Waals surface area (Å²) >= 11 is 1.62. The van der Waals surface area contributed by atoms with Crippen LogP contribution in [0.15, 0.2) is 28.0 Å². The van der Waals surface area contributed by atoms with Crippen LogP contribution in [0.5, 0.6) is 0 Å². The van der Waals surface area contributed by atoms with E-state index < -0.39 is 10.0 Å². The number of nitrogens with two attached hydrogens (primary N) is 2. The monoisotopic (exact) mass is 260 g/mol. The third kappa shape index (κ3) is 3.70. The number of anilines is 1. The molecule has 0 heterocycles. The van der Waals surface area contributed by atoms with Gasteiger partial charge in [-0.05, 0) is 18.2 Å². The molecule has 6 heteroatoms. The van der Waals surface area contributed by atoms with E-state index in [0.29, 0.717) is 0 Å². The highest BCUT2D eigenvalue weighted by molar-refractivity contribution is 8.00. The zero-order valence-electron chi connectivity index (χ0n) is 9.52. The smallest absolute Gasteiger partial charge is 0.240 e. The third-order valence-corrected chi connectivity index (χ3v) is 3.80. The van der Waals surface area contributed by atoms with Crippen molar-refractivity contribution in [1.29, 1.82) is 0 Å². The summed E-state index contributed by atoms with van der Waals surface area (Å²) in [5.74, 6) is 0. The van der Waals surface area contributed by atoms with Gasteiger partial charge in [0.25, 0.3) is 0 Å². The SMILES string of the molecule is CC(C)(C)Sc1ccc(S(N)(=O)=O)c(N)c1. The van der Waals surface area contributed by atoms with E-state index in [-0.39, 0.29) is 15.3 Å². The minimum absolute atomic E-state index is 0.0224. The summed E-state index contributed by atoms with van der Waals surface area (Å²) in [5, 5.41) is 5.02. The van der Waals surface area contributed by atoms with Crippen LogP contribution in [0.3, 0.4) is 0 Å². The van der Waals surface area contributed by atoms with Gasteiger partial charge in [-0.15, -0.1) is 11.8 Å². The first kappa shape index (κ1) is 13.3. The first-order valence-corrected chi connectivity index (χ1v) is 7.07. The summed E-state index contributed by atoms with van der Waals surface area (Å²) in [5.41, 5.74) is 5.85. The maximum Gasteiger partial charge on any atom is 0.240 e. The molecule has 0 aliphatic rings. The van der Waals surface area contributed by atoms with Crippen LogP contribution in [0.1, 0.15) is 20.8 Å². The van der Waals surface area contributed by atoms with Crippen LogP contribution in [-0.4, -0.2) is 13.2 Å². The molecule has 0 atom stereocenters. The number of hydrogen-bond donors (Lipinski definition) is 2. The van der Waals surface area contributed by atoms with E-state index in [1.165, 1.54) is 6.07 Å². The lowest BCUT2D eigenvalue weighted by Gasteiger charge is -2.18. The number of rotatable bonds is 2. The topological polar surface area (TPSA) is 86.2 Å². The molecule has 0 aliphatic carbocycles. The largest absolute Gasteiger partial charge is 0.398 e. The van der Waals surface area contributed by atoms with Crippen molar-refractivity contribution in [2.45, 2.75) is 35.3 Å². The van der Waals surface area contributed by atoms with E-state index in [2.05, 4.69) is 20.8 Å². The van der Waals surface area contributed by atoms with Crippen molar-refractivity contribution in [3.63, 3.8) is 0 Å². The lowest BCUT2D eigenvalue weighted by atomic mass is 10.3. The molecule has 0 fully saturated rings. The van der Waals surface area contributed by atoms with Crippen LogP contribution in [-0.2, 0) is 10.0 Å². The fourth-order valence-corrected chi connectivity index (χ4v) is 2.88. The number of primary sulfonamides is 1. The summed E-state index contributed by atoms with van der Waals surface area (Å²) in [6.45, 7) is 6.21. The fraction of sp³-hybridized carbons (Fsp3) is 0.400. The van der Waals surface area contributed by atoms with Crippen molar-refractivity contribution in [3.05, 3.63) is 18.2 Å². The van der Waals surface area contributed by atoms with Gasteiger partial charge in [-0.1, -0.05) is 20.8 Å². The standard InChI is InChI=1S/C10H16N2O2S2/c1-10(2,3)15-7-4-5-9(8(11)6-7)16(12,13)14/h4-6H,11H2,1-3H3,(H2,12,13,14). The average molecular weight is 260 g/mol. The predicted molar refractivity (Wildman–Crippen MR) is 67.8 cm³/mol. The van der Waals surface area contributed by atoms with Crippen molar-refractivity contribution in [3.8, 4) is 0 Å². The molecule has 0 bridgehead atoms. The highest BCUT2D eigenvalue weighted by atomic mass is 32.2. The predicted octanol–water partition coefficient (Wildman–Crippen LogP) is 1.81.